The van der Waals surface area contributed by atoms with Crippen LogP contribution in [0, 0.1) is 5.92 Å². The highest BCUT2D eigenvalue weighted by Gasteiger charge is 2.30. The molecule has 0 spiro atoms. The molecule has 334 valence electrons. The number of hydrazine groups is 1. The molecule has 4 bridgehead atoms. The molecule has 0 saturated carbocycles. The number of benzene rings is 4. The van der Waals surface area contributed by atoms with Gasteiger partial charge in [-0.2, -0.15) is 0 Å². The number of hydrogen-bond donors (Lipinski definition) is 4. The number of aliphatic hydroxyl groups is 1. The Morgan fingerprint density at radius 1 is 0.823 bits per heavy atom. The summed E-state index contributed by atoms with van der Waals surface area (Å²) in [7, 11) is 0. The summed E-state index contributed by atoms with van der Waals surface area (Å²) in [5.74, 6) is 5.65. The molecule has 3 heterocycles. The van der Waals surface area contributed by atoms with Crippen molar-refractivity contribution in [2.75, 3.05) is 45.9 Å². The van der Waals surface area contributed by atoms with Gasteiger partial charge in [-0.15, -0.1) is 0 Å². The fraction of sp³-hybridized carbons (Fsp3) is 0.431. The molecule has 0 aromatic heterocycles. The third kappa shape index (κ3) is 15.9. The minimum absolute atomic E-state index is 0.0423. The lowest BCUT2D eigenvalue weighted by Crippen LogP contribution is -2.53. The lowest BCUT2D eigenvalue weighted by molar-refractivity contribution is -0.142. The maximum Gasteiger partial charge on any atom is 0.302 e. The number of nitrogens with two attached hydrogens (primary N) is 1. The number of nitrogens with one attached hydrogen (secondary N) is 2. The smallest absolute Gasteiger partial charge is 0.302 e. The fourth-order valence-electron chi connectivity index (χ4n) is 8.05. The number of allylic oxidation sites excluding steroid dienone is 1. The second-order valence-corrected chi connectivity index (χ2v) is 16.0. The van der Waals surface area contributed by atoms with E-state index in [2.05, 4.69) is 65.5 Å². The molecule has 6 atom stereocenters. The highest BCUT2D eigenvalue weighted by Crippen LogP contribution is 2.27. The Hall–Kier alpha value is -5.33. The standard InChI is InChI=1S/C27H28N2O4.C22H36N4O.C2H6/c1-20(30)33-19-24(17-21-11-5-2-6-12-21)28-27(32)25(18-22-13-7-3-8-14-22)29-26(31)23-15-9-4-10-16-23;1-4-26(23)18(3)22-16-24-9-10-25(21(15-24)8-11-27)14-20-7-5-6-19(13-20)12-17(22)2;1-2/h2-16,24-25H,17-19H2,1H3,(H,28,32)(H,29,31);5-7,13,17,21,27H,4,8-12,14-16,23H2,1-3H3;1-2H3/b;22-18-;. The van der Waals surface area contributed by atoms with Crippen LogP contribution >= 0.6 is 0 Å². The van der Waals surface area contributed by atoms with E-state index in [1.54, 1.807) is 24.3 Å². The van der Waals surface area contributed by atoms with E-state index in [9.17, 15) is 19.5 Å². The number of piperazine rings is 1. The largest absolute Gasteiger partial charge is 0.464 e. The minimum Gasteiger partial charge on any atom is -0.464 e. The summed E-state index contributed by atoms with van der Waals surface area (Å²) in [5.41, 5.74) is 7.84. The number of hydrogen-bond acceptors (Lipinski definition) is 9. The molecule has 0 aliphatic carbocycles. The van der Waals surface area contributed by atoms with E-state index in [0.717, 1.165) is 63.2 Å². The van der Waals surface area contributed by atoms with Gasteiger partial charge < -0.3 is 25.5 Å². The number of fused-ring (bicyclic) bond motifs is 5. The van der Waals surface area contributed by atoms with Gasteiger partial charge in [-0.25, -0.2) is 5.84 Å². The Balaban J connectivity index is 0.000000267. The zero-order chi connectivity index (χ0) is 44.9. The van der Waals surface area contributed by atoms with Gasteiger partial charge in [-0.1, -0.05) is 124 Å². The minimum atomic E-state index is -0.796. The van der Waals surface area contributed by atoms with Crippen LogP contribution in [0.1, 0.15) is 80.6 Å². The molecule has 3 aliphatic rings. The van der Waals surface area contributed by atoms with Crippen LogP contribution < -0.4 is 16.5 Å². The third-order valence-corrected chi connectivity index (χ3v) is 11.4. The summed E-state index contributed by atoms with van der Waals surface area (Å²) in [4.78, 5) is 42.6. The van der Waals surface area contributed by atoms with Crippen LogP contribution in [0.5, 0.6) is 0 Å². The summed E-state index contributed by atoms with van der Waals surface area (Å²) in [6.45, 7) is 18.1. The highest BCUT2D eigenvalue weighted by molar-refractivity contribution is 5.97. The van der Waals surface area contributed by atoms with E-state index in [1.165, 1.54) is 29.3 Å². The number of amides is 2. The van der Waals surface area contributed by atoms with Gasteiger partial charge in [0.25, 0.3) is 5.91 Å². The van der Waals surface area contributed by atoms with Crippen molar-refractivity contribution in [2.24, 2.45) is 11.8 Å². The number of carbonyl (C=O) groups excluding carboxylic acids is 3. The van der Waals surface area contributed by atoms with Crippen molar-refractivity contribution in [3.05, 3.63) is 154 Å². The van der Waals surface area contributed by atoms with Crippen molar-refractivity contribution in [3.8, 4) is 0 Å². The molecule has 62 heavy (non-hydrogen) atoms. The number of aliphatic hydroxyl groups excluding tert-OH is 1. The molecule has 0 radical (unpaired) electrons. The third-order valence-electron chi connectivity index (χ3n) is 11.4. The first-order valence-electron chi connectivity index (χ1n) is 22.3. The summed E-state index contributed by atoms with van der Waals surface area (Å²) < 4.78 is 5.18. The van der Waals surface area contributed by atoms with Gasteiger partial charge in [0.15, 0.2) is 0 Å². The summed E-state index contributed by atoms with van der Waals surface area (Å²) >= 11 is 0. The Labute approximate surface area is 370 Å². The Morgan fingerprint density at radius 2 is 1.44 bits per heavy atom. The molecular formula is C51H70N6O5. The lowest BCUT2D eigenvalue weighted by Gasteiger charge is -2.43. The summed E-state index contributed by atoms with van der Waals surface area (Å²) in [6, 6.07) is 36.1. The van der Waals surface area contributed by atoms with Gasteiger partial charge in [0.2, 0.25) is 5.91 Å². The van der Waals surface area contributed by atoms with Crippen molar-refractivity contribution in [2.45, 2.75) is 91.9 Å². The van der Waals surface area contributed by atoms with Crippen molar-refractivity contribution in [3.63, 3.8) is 0 Å². The lowest BCUT2D eigenvalue weighted by atomic mass is 9.90. The van der Waals surface area contributed by atoms with E-state index >= 15 is 0 Å². The highest BCUT2D eigenvalue weighted by atomic mass is 16.5. The molecule has 11 heteroatoms. The number of carbonyl (C=O) groups is 3. The normalized spacial score (nSPS) is 19.9. The van der Waals surface area contributed by atoms with Crippen LogP contribution in [0.4, 0.5) is 0 Å². The predicted octanol–water partition coefficient (Wildman–Crippen LogP) is 6.56. The summed E-state index contributed by atoms with van der Waals surface area (Å²) in [6.07, 6.45) is 2.70. The Bertz CT molecular complexity index is 1980. The molecule has 11 nitrogen and oxygen atoms in total. The number of esters is 1. The van der Waals surface area contributed by atoms with E-state index in [0.29, 0.717) is 30.4 Å². The number of rotatable bonds is 14. The first-order chi connectivity index (χ1) is 30.0. The average Bonchev–Trinajstić information content (AvgIpc) is 3.29. The topological polar surface area (TPSA) is 140 Å². The zero-order valence-electron chi connectivity index (χ0n) is 37.8. The van der Waals surface area contributed by atoms with Crippen molar-refractivity contribution in [1.82, 2.24) is 25.4 Å². The molecule has 4 aromatic rings. The van der Waals surface area contributed by atoms with Gasteiger partial charge >= 0.3 is 5.97 Å². The molecule has 2 amide bonds. The van der Waals surface area contributed by atoms with E-state index in [4.69, 9.17) is 10.6 Å². The van der Waals surface area contributed by atoms with Gasteiger partial charge in [-0.3, -0.25) is 24.2 Å². The van der Waals surface area contributed by atoms with Crippen molar-refractivity contribution in [1.29, 1.82) is 0 Å². The van der Waals surface area contributed by atoms with Gasteiger partial charge in [0.1, 0.15) is 12.6 Å². The maximum absolute atomic E-state index is 13.3. The van der Waals surface area contributed by atoms with Crippen molar-refractivity contribution < 1.29 is 24.2 Å². The summed E-state index contributed by atoms with van der Waals surface area (Å²) in [5, 5.41) is 17.3. The van der Waals surface area contributed by atoms with Crippen LogP contribution in [-0.4, -0.2) is 102 Å². The molecule has 4 aromatic carbocycles. The van der Waals surface area contributed by atoms with Gasteiger partial charge in [-0.05, 0) is 79.0 Å². The molecular weight excluding hydrogens is 777 g/mol. The zero-order valence-corrected chi connectivity index (χ0v) is 37.8. The first kappa shape index (κ1) is 49.3. The fourth-order valence-corrected chi connectivity index (χ4v) is 8.05. The maximum atomic E-state index is 13.3. The number of nitrogens with zero attached hydrogens (tertiary/aromatic N) is 3. The Kier molecular flexibility index (Phi) is 20.9. The molecule has 6 unspecified atom stereocenters. The molecule has 3 aliphatic heterocycles. The van der Waals surface area contributed by atoms with Crippen LogP contribution in [0.3, 0.4) is 0 Å². The predicted molar refractivity (Wildman–Crippen MR) is 249 cm³/mol. The SMILES string of the molecule is CC.CC(=O)OCC(Cc1ccccc1)NC(=O)C(Cc1ccccc1)NC(=O)c1ccccc1.CCN(N)/C(C)=C1/CN2CCN(Cc3cccc(c3)CC1C)C(CCO)C2. The second-order valence-electron chi connectivity index (χ2n) is 16.0. The van der Waals surface area contributed by atoms with Crippen LogP contribution in [0.2, 0.25) is 0 Å². The first-order valence-corrected chi connectivity index (χ1v) is 22.3. The molecule has 5 N–H and O–H groups in total. The average molecular weight is 847 g/mol. The van der Waals surface area contributed by atoms with E-state index in [-0.39, 0.29) is 25.0 Å². The number of ether oxygens (including phenoxy) is 1. The van der Waals surface area contributed by atoms with Crippen LogP contribution in [0.15, 0.2) is 127 Å². The molecule has 1 fully saturated rings. The van der Waals surface area contributed by atoms with Crippen molar-refractivity contribution >= 4 is 17.8 Å². The Morgan fingerprint density at radius 3 is 2.05 bits per heavy atom. The monoisotopic (exact) mass is 847 g/mol. The second kappa shape index (κ2) is 26.2. The molecule has 7 rings (SSSR count). The van der Waals surface area contributed by atoms with E-state index in [1.807, 2.05) is 85.6 Å². The quantitative estimate of drug-likeness (QED) is 0.0632. The van der Waals surface area contributed by atoms with Crippen LogP contribution in [-0.2, 0) is 40.1 Å². The van der Waals surface area contributed by atoms with Gasteiger partial charge in [0, 0.05) is 76.5 Å². The van der Waals surface area contributed by atoms with E-state index < -0.39 is 18.1 Å². The van der Waals surface area contributed by atoms with Gasteiger partial charge in [0.05, 0.1) is 6.04 Å². The molecule has 1 saturated heterocycles. The van der Waals surface area contributed by atoms with Crippen LogP contribution in [0.25, 0.3) is 0 Å².